The van der Waals surface area contributed by atoms with Crippen LogP contribution in [0.5, 0.6) is 5.75 Å². The van der Waals surface area contributed by atoms with Gasteiger partial charge in [-0.2, -0.15) is 0 Å². The number of hydrogen-bond acceptors (Lipinski definition) is 4. The van der Waals surface area contributed by atoms with Gasteiger partial charge in [0.05, 0.1) is 12.7 Å². The normalized spacial score (nSPS) is 21.5. The second-order valence-corrected chi connectivity index (χ2v) is 6.87. The van der Waals surface area contributed by atoms with Crippen molar-refractivity contribution >= 4 is 5.91 Å². The van der Waals surface area contributed by atoms with E-state index in [0.29, 0.717) is 26.2 Å². The standard InChI is InChI=1S/C19H28N2O3/c1-3-24-19-10-16-6-4-5-15(16)9-17(19)11-20-7-8-21(14(2)22)13-18(23)12-20/h9-10,18,23H,3-8,11-13H2,1-2H3/t18-/m1/s1. The summed E-state index contributed by atoms with van der Waals surface area (Å²) in [6.07, 6.45) is 3.02. The Kier molecular flexibility index (Phi) is 5.41. The molecule has 1 atom stereocenters. The maximum atomic E-state index is 11.6. The summed E-state index contributed by atoms with van der Waals surface area (Å²) >= 11 is 0. The molecule has 5 nitrogen and oxygen atoms in total. The van der Waals surface area contributed by atoms with Crippen molar-refractivity contribution in [3.63, 3.8) is 0 Å². The summed E-state index contributed by atoms with van der Waals surface area (Å²) in [5.74, 6) is 1.00. The van der Waals surface area contributed by atoms with Crippen LogP contribution in [0.15, 0.2) is 12.1 Å². The highest BCUT2D eigenvalue weighted by atomic mass is 16.5. The minimum Gasteiger partial charge on any atom is -0.494 e. The maximum absolute atomic E-state index is 11.6. The van der Waals surface area contributed by atoms with Gasteiger partial charge in [-0.15, -0.1) is 0 Å². The van der Waals surface area contributed by atoms with Crippen molar-refractivity contribution in [2.24, 2.45) is 0 Å². The highest BCUT2D eigenvalue weighted by molar-refractivity contribution is 5.73. The van der Waals surface area contributed by atoms with Crippen LogP contribution in [-0.2, 0) is 24.2 Å². The fourth-order valence-corrected chi connectivity index (χ4v) is 3.79. The summed E-state index contributed by atoms with van der Waals surface area (Å²) in [7, 11) is 0. The monoisotopic (exact) mass is 332 g/mol. The van der Waals surface area contributed by atoms with E-state index in [1.165, 1.54) is 23.1 Å². The highest BCUT2D eigenvalue weighted by Crippen LogP contribution is 2.31. The van der Waals surface area contributed by atoms with Gasteiger partial charge >= 0.3 is 0 Å². The number of nitrogens with zero attached hydrogens (tertiary/aromatic N) is 2. The molecule has 24 heavy (non-hydrogen) atoms. The fraction of sp³-hybridized carbons (Fsp3) is 0.632. The van der Waals surface area contributed by atoms with Gasteiger partial charge in [0.1, 0.15) is 5.75 Å². The van der Waals surface area contributed by atoms with Gasteiger partial charge in [-0.3, -0.25) is 9.69 Å². The Bertz CT molecular complexity index is 603. The zero-order valence-corrected chi connectivity index (χ0v) is 14.8. The Morgan fingerprint density at radius 2 is 2.00 bits per heavy atom. The average Bonchev–Trinajstić information content (AvgIpc) is 2.89. The number of carbonyl (C=O) groups excluding carboxylic acids is 1. The molecule has 1 aromatic carbocycles. The Labute approximate surface area is 144 Å². The number of rotatable bonds is 4. The summed E-state index contributed by atoms with van der Waals surface area (Å²) in [6.45, 7) is 7.45. The zero-order valence-electron chi connectivity index (χ0n) is 14.8. The van der Waals surface area contributed by atoms with Crippen LogP contribution in [0.4, 0.5) is 0 Å². The van der Waals surface area contributed by atoms with Crippen molar-refractivity contribution < 1.29 is 14.6 Å². The van der Waals surface area contributed by atoms with Crippen molar-refractivity contribution in [3.8, 4) is 5.75 Å². The Morgan fingerprint density at radius 1 is 1.25 bits per heavy atom. The van der Waals surface area contributed by atoms with Gasteiger partial charge in [-0.05, 0) is 43.4 Å². The van der Waals surface area contributed by atoms with Crippen LogP contribution >= 0.6 is 0 Å². The van der Waals surface area contributed by atoms with Crippen LogP contribution in [-0.4, -0.2) is 59.7 Å². The molecule has 132 valence electrons. The molecule has 1 aliphatic carbocycles. The van der Waals surface area contributed by atoms with Crippen LogP contribution in [0.3, 0.4) is 0 Å². The topological polar surface area (TPSA) is 53.0 Å². The highest BCUT2D eigenvalue weighted by Gasteiger charge is 2.24. The van der Waals surface area contributed by atoms with Gasteiger partial charge in [0.15, 0.2) is 0 Å². The Morgan fingerprint density at radius 3 is 2.71 bits per heavy atom. The third-order valence-electron chi connectivity index (χ3n) is 5.00. The summed E-state index contributed by atoms with van der Waals surface area (Å²) in [5.41, 5.74) is 4.05. The number of aryl methyl sites for hydroxylation is 2. The maximum Gasteiger partial charge on any atom is 0.219 e. The van der Waals surface area contributed by atoms with Gasteiger partial charge in [-0.25, -0.2) is 0 Å². The van der Waals surface area contributed by atoms with E-state index < -0.39 is 6.10 Å². The predicted octanol–water partition coefficient (Wildman–Crippen LogP) is 1.60. The third-order valence-corrected chi connectivity index (χ3v) is 5.00. The van der Waals surface area contributed by atoms with Crippen molar-refractivity contribution in [1.82, 2.24) is 9.80 Å². The molecule has 0 unspecified atom stereocenters. The van der Waals surface area contributed by atoms with E-state index in [-0.39, 0.29) is 5.91 Å². The molecule has 1 aliphatic heterocycles. The Balaban J connectivity index is 1.76. The number of benzene rings is 1. The lowest BCUT2D eigenvalue weighted by molar-refractivity contribution is -0.129. The van der Waals surface area contributed by atoms with Crippen LogP contribution < -0.4 is 4.74 Å². The summed E-state index contributed by atoms with van der Waals surface area (Å²) in [5, 5.41) is 10.2. The number of amides is 1. The number of carbonyl (C=O) groups is 1. The first-order chi connectivity index (χ1) is 11.6. The molecule has 1 saturated heterocycles. The minimum atomic E-state index is -0.499. The lowest BCUT2D eigenvalue weighted by Gasteiger charge is -2.23. The van der Waals surface area contributed by atoms with E-state index in [1.54, 1.807) is 11.8 Å². The number of fused-ring (bicyclic) bond motifs is 1. The molecule has 1 aromatic rings. The van der Waals surface area contributed by atoms with Crippen molar-refractivity contribution in [1.29, 1.82) is 0 Å². The van der Waals surface area contributed by atoms with E-state index >= 15 is 0 Å². The molecule has 1 amide bonds. The Hall–Kier alpha value is -1.59. The van der Waals surface area contributed by atoms with Crippen LogP contribution in [0.1, 0.15) is 37.0 Å². The van der Waals surface area contributed by atoms with Gasteiger partial charge in [0.25, 0.3) is 0 Å². The number of ether oxygens (including phenoxy) is 1. The zero-order chi connectivity index (χ0) is 17.1. The molecule has 0 radical (unpaired) electrons. The molecule has 0 saturated carbocycles. The molecule has 0 aromatic heterocycles. The third kappa shape index (κ3) is 3.90. The SMILES string of the molecule is CCOc1cc2c(cc1CN1CCN(C(C)=O)C[C@H](O)C1)CCC2. The van der Waals surface area contributed by atoms with Crippen molar-refractivity contribution in [3.05, 3.63) is 28.8 Å². The smallest absolute Gasteiger partial charge is 0.219 e. The second-order valence-electron chi connectivity index (χ2n) is 6.87. The first-order valence-electron chi connectivity index (χ1n) is 9.00. The molecule has 3 rings (SSSR count). The van der Waals surface area contributed by atoms with Gasteiger partial charge < -0.3 is 14.7 Å². The molecule has 0 bridgehead atoms. The number of aliphatic hydroxyl groups is 1. The fourth-order valence-electron chi connectivity index (χ4n) is 3.79. The number of aliphatic hydroxyl groups excluding tert-OH is 1. The van der Waals surface area contributed by atoms with Gasteiger partial charge in [0, 0.05) is 45.2 Å². The molecular weight excluding hydrogens is 304 g/mol. The molecule has 2 aliphatic rings. The molecule has 1 fully saturated rings. The second kappa shape index (κ2) is 7.53. The van der Waals surface area contributed by atoms with E-state index in [1.807, 2.05) is 6.92 Å². The summed E-state index contributed by atoms with van der Waals surface area (Å²) in [6, 6.07) is 4.49. The lowest BCUT2D eigenvalue weighted by Crippen LogP contribution is -2.36. The van der Waals surface area contributed by atoms with Crippen molar-refractivity contribution in [2.45, 2.75) is 45.8 Å². The van der Waals surface area contributed by atoms with Crippen LogP contribution in [0.2, 0.25) is 0 Å². The predicted molar refractivity (Wildman–Crippen MR) is 93.2 cm³/mol. The van der Waals surface area contributed by atoms with Gasteiger partial charge in [-0.1, -0.05) is 6.07 Å². The molecule has 1 heterocycles. The molecule has 1 N–H and O–H groups in total. The lowest BCUT2D eigenvalue weighted by atomic mass is 10.0. The quantitative estimate of drug-likeness (QED) is 0.910. The average molecular weight is 332 g/mol. The van der Waals surface area contributed by atoms with Crippen LogP contribution in [0, 0.1) is 0 Å². The summed E-state index contributed by atoms with van der Waals surface area (Å²) < 4.78 is 5.87. The van der Waals surface area contributed by atoms with E-state index in [2.05, 4.69) is 17.0 Å². The molecule has 5 heteroatoms. The van der Waals surface area contributed by atoms with Gasteiger partial charge in [0.2, 0.25) is 5.91 Å². The number of hydrogen-bond donors (Lipinski definition) is 1. The van der Waals surface area contributed by atoms with E-state index in [9.17, 15) is 9.90 Å². The first-order valence-corrected chi connectivity index (χ1v) is 9.00. The van der Waals surface area contributed by atoms with Crippen LogP contribution in [0.25, 0.3) is 0 Å². The largest absolute Gasteiger partial charge is 0.494 e. The summed E-state index contributed by atoms with van der Waals surface area (Å²) in [4.78, 5) is 15.6. The van der Waals surface area contributed by atoms with E-state index in [4.69, 9.17) is 4.74 Å². The minimum absolute atomic E-state index is 0.0310. The van der Waals surface area contributed by atoms with Crippen molar-refractivity contribution in [2.75, 3.05) is 32.8 Å². The van der Waals surface area contributed by atoms with E-state index in [0.717, 1.165) is 31.7 Å². The first kappa shape index (κ1) is 17.2. The molecule has 0 spiro atoms. The molecular formula is C19H28N2O3. The number of β-amino-alcohol motifs (C(OH)–C–C–N with tert-alkyl or cyclic N) is 1.